The van der Waals surface area contributed by atoms with Crippen LogP contribution in [0.25, 0.3) is 0 Å². The molecule has 1 heterocycles. The lowest BCUT2D eigenvalue weighted by Crippen LogP contribution is -2.10. The average molecular weight is 273 g/mol. The van der Waals surface area contributed by atoms with Gasteiger partial charge in [0.1, 0.15) is 0 Å². The van der Waals surface area contributed by atoms with E-state index in [2.05, 4.69) is 46.8 Å². The average Bonchev–Trinajstić information content (AvgIpc) is 3.04. The first-order valence-corrected chi connectivity index (χ1v) is 6.82. The third-order valence-corrected chi connectivity index (χ3v) is 3.57. The molecule has 2 aromatic carbocycles. The molecule has 3 heteroatoms. The van der Waals surface area contributed by atoms with Crippen molar-refractivity contribution in [3.63, 3.8) is 0 Å². The Morgan fingerprint density at radius 1 is 1.00 bits per heavy atom. The maximum Gasteiger partial charge on any atom is 0.0991 e. The molecule has 0 amide bonds. The van der Waals surface area contributed by atoms with Crippen LogP contribution in [0.3, 0.4) is 0 Å². The number of nitriles is 1. The smallest absolute Gasteiger partial charge is 0.0991 e. The Bertz CT molecular complexity index is 748. The molecular formula is C18H15N3. The minimum atomic E-state index is 0.0702. The predicted molar refractivity (Wildman–Crippen MR) is 81.8 cm³/mol. The number of hydrogen-bond donors (Lipinski definition) is 0. The van der Waals surface area contributed by atoms with E-state index in [-0.39, 0.29) is 6.04 Å². The van der Waals surface area contributed by atoms with Crippen molar-refractivity contribution in [1.82, 2.24) is 9.55 Å². The lowest BCUT2D eigenvalue weighted by molar-refractivity contribution is 0.676. The quantitative estimate of drug-likeness (QED) is 0.730. The Balaban J connectivity index is 2.08. The zero-order valence-corrected chi connectivity index (χ0v) is 11.8. The van der Waals surface area contributed by atoms with Gasteiger partial charge in [-0.1, -0.05) is 42.0 Å². The number of nitrogens with zero attached hydrogens (tertiary/aromatic N) is 3. The van der Waals surface area contributed by atoms with E-state index < -0.39 is 0 Å². The van der Waals surface area contributed by atoms with Crippen LogP contribution in [-0.4, -0.2) is 9.55 Å². The first-order chi connectivity index (χ1) is 10.3. The van der Waals surface area contributed by atoms with Gasteiger partial charge in [-0.3, -0.25) is 0 Å². The van der Waals surface area contributed by atoms with Crippen LogP contribution in [0.15, 0.2) is 67.3 Å². The third kappa shape index (κ3) is 2.70. The van der Waals surface area contributed by atoms with Gasteiger partial charge < -0.3 is 4.57 Å². The second-order valence-corrected chi connectivity index (χ2v) is 5.06. The van der Waals surface area contributed by atoms with Gasteiger partial charge in [-0.15, -0.1) is 0 Å². The highest BCUT2D eigenvalue weighted by Gasteiger charge is 2.15. The SMILES string of the molecule is Cc1ccc(C(c2ccc(C#N)cc2)n2ccnc2)cc1. The first kappa shape index (κ1) is 13.1. The van der Waals surface area contributed by atoms with E-state index in [4.69, 9.17) is 5.26 Å². The van der Waals surface area contributed by atoms with Gasteiger partial charge in [0.2, 0.25) is 0 Å². The fraction of sp³-hybridized carbons (Fsp3) is 0.111. The van der Waals surface area contributed by atoms with Crippen molar-refractivity contribution in [2.24, 2.45) is 0 Å². The van der Waals surface area contributed by atoms with Gasteiger partial charge in [0, 0.05) is 12.4 Å². The monoisotopic (exact) mass is 273 g/mol. The number of benzene rings is 2. The Morgan fingerprint density at radius 2 is 1.62 bits per heavy atom. The zero-order chi connectivity index (χ0) is 14.7. The summed E-state index contributed by atoms with van der Waals surface area (Å²) in [5.41, 5.74) is 4.24. The maximum atomic E-state index is 8.93. The molecule has 0 N–H and O–H groups in total. The lowest BCUT2D eigenvalue weighted by atomic mass is 9.97. The number of aryl methyl sites for hydroxylation is 1. The molecule has 0 fully saturated rings. The minimum Gasteiger partial charge on any atom is -0.326 e. The molecule has 0 aliphatic rings. The van der Waals surface area contributed by atoms with E-state index in [9.17, 15) is 0 Å². The molecule has 21 heavy (non-hydrogen) atoms. The molecule has 3 rings (SSSR count). The molecule has 1 unspecified atom stereocenters. The van der Waals surface area contributed by atoms with E-state index in [1.54, 1.807) is 6.20 Å². The Kier molecular flexibility index (Phi) is 3.53. The van der Waals surface area contributed by atoms with Gasteiger partial charge in [0.15, 0.2) is 0 Å². The topological polar surface area (TPSA) is 41.6 Å². The molecule has 3 aromatic rings. The Labute approximate surface area is 124 Å². The summed E-state index contributed by atoms with van der Waals surface area (Å²) in [6, 6.07) is 18.4. The summed E-state index contributed by atoms with van der Waals surface area (Å²) in [7, 11) is 0. The predicted octanol–water partition coefficient (Wildman–Crippen LogP) is 3.70. The van der Waals surface area contributed by atoms with Crippen LogP contribution >= 0.6 is 0 Å². The zero-order valence-electron chi connectivity index (χ0n) is 11.8. The van der Waals surface area contributed by atoms with Crippen LogP contribution in [-0.2, 0) is 0 Å². The number of rotatable bonds is 3. The van der Waals surface area contributed by atoms with Gasteiger partial charge in [-0.25, -0.2) is 4.98 Å². The Hall–Kier alpha value is -2.86. The molecule has 0 aliphatic carbocycles. The molecule has 102 valence electrons. The van der Waals surface area contributed by atoms with E-state index in [1.165, 1.54) is 11.1 Å². The second kappa shape index (κ2) is 5.64. The van der Waals surface area contributed by atoms with Crippen LogP contribution in [0, 0.1) is 18.3 Å². The summed E-state index contributed by atoms with van der Waals surface area (Å²) in [4.78, 5) is 4.16. The van der Waals surface area contributed by atoms with Crippen LogP contribution in [0.5, 0.6) is 0 Å². The highest BCUT2D eigenvalue weighted by atomic mass is 15.0. The van der Waals surface area contributed by atoms with E-state index in [1.807, 2.05) is 36.8 Å². The largest absolute Gasteiger partial charge is 0.326 e. The fourth-order valence-corrected chi connectivity index (χ4v) is 2.45. The summed E-state index contributed by atoms with van der Waals surface area (Å²) in [5.74, 6) is 0. The second-order valence-electron chi connectivity index (χ2n) is 5.06. The summed E-state index contributed by atoms with van der Waals surface area (Å²) in [6.45, 7) is 2.08. The standard InChI is InChI=1S/C18H15N3/c1-14-2-6-16(7-3-14)18(21-11-10-20-13-21)17-8-4-15(12-19)5-9-17/h2-11,13,18H,1H3. The highest BCUT2D eigenvalue weighted by molar-refractivity contribution is 5.38. The maximum absolute atomic E-state index is 8.93. The lowest BCUT2D eigenvalue weighted by Gasteiger charge is -2.20. The van der Waals surface area contributed by atoms with Crippen molar-refractivity contribution < 1.29 is 0 Å². The molecule has 0 saturated carbocycles. The first-order valence-electron chi connectivity index (χ1n) is 6.82. The molecule has 1 aromatic heterocycles. The minimum absolute atomic E-state index is 0.0702. The van der Waals surface area contributed by atoms with Gasteiger partial charge in [-0.2, -0.15) is 5.26 Å². The normalized spacial score (nSPS) is 11.8. The van der Waals surface area contributed by atoms with Crippen molar-refractivity contribution in [2.45, 2.75) is 13.0 Å². The van der Waals surface area contributed by atoms with Crippen molar-refractivity contribution >= 4 is 0 Å². The molecule has 1 atom stereocenters. The summed E-state index contributed by atoms with van der Waals surface area (Å²) < 4.78 is 2.08. The van der Waals surface area contributed by atoms with Gasteiger partial charge in [0.25, 0.3) is 0 Å². The molecule has 0 spiro atoms. The van der Waals surface area contributed by atoms with E-state index >= 15 is 0 Å². The molecule has 3 nitrogen and oxygen atoms in total. The van der Waals surface area contributed by atoms with Crippen molar-refractivity contribution in [3.05, 3.63) is 89.5 Å². The fourth-order valence-electron chi connectivity index (χ4n) is 2.45. The summed E-state index contributed by atoms with van der Waals surface area (Å²) >= 11 is 0. The third-order valence-electron chi connectivity index (χ3n) is 3.57. The van der Waals surface area contributed by atoms with Crippen molar-refractivity contribution in [1.29, 1.82) is 5.26 Å². The van der Waals surface area contributed by atoms with Crippen molar-refractivity contribution in [3.8, 4) is 6.07 Å². The molecular weight excluding hydrogens is 258 g/mol. The molecule has 0 bridgehead atoms. The molecule has 0 saturated heterocycles. The van der Waals surface area contributed by atoms with Crippen LogP contribution in [0.4, 0.5) is 0 Å². The van der Waals surface area contributed by atoms with Crippen LogP contribution in [0.2, 0.25) is 0 Å². The molecule has 0 aliphatic heterocycles. The highest BCUT2D eigenvalue weighted by Crippen LogP contribution is 2.27. The van der Waals surface area contributed by atoms with Crippen LogP contribution < -0.4 is 0 Å². The molecule has 0 radical (unpaired) electrons. The summed E-state index contributed by atoms with van der Waals surface area (Å²) in [6.07, 6.45) is 5.57. The van der Waals surface area contributed by atoms with Gasteiger partial charge >= 0.3 is 0 Å². The van der Waals surface area contributed by atoms with E-state index in [0.717, 1.165) is 5.56 Å². The van der Waals surface area contributed by atoms with E-state index in [0.29, 0.717) is 5.56 Å². The number of imidazole rings is 1. The van der Waals surface area contributed by atoms with Crippen molar-refractivity contribution in [2.75, 3.05) is 0 Å². The number of hydrogen-bond acceptors (Lipinski definition) is 2. The van der Waals surface area contributed by atoms with Gasteiger partial charge in [-0.05, 0) is 30.2 Å². The van der Waals surface area contributed by atoms with Crippen LogP contribution in [0.1, 0.15) is 28.3 Å². The Morgan fingerprint density at radius 3 is 2.14 bits per heavy atom. The van der Waals surface area contributed by atoms with Gasteiger partial charge in [0.05, 0.1) is 24.0 Å². The summed E-state index contributed by atoms with van der Waals surface area (Å²) in [5, 5.41) is 8.93. The number of aromatic nitrogens is 2.